The summed E-state index contributed by atoms with van der Waals surface area (Å²) in [5.41, 5.74) is 0.806. The number of thiophene rings is 1. The molecular weight excluding hydrogens is 540 g/mol. The van der Waals surface area contributed by atoms with Crippen molar-refractivity contribution in [3.8, 4) is 11.5 Å². The zero-order valence-electron chi connectivity index (χ0n) is 22.3. The molecule has 0 aliphatic carbocycles. The summed E-state index contributed by atoms with van der Waals surface area (Å²) >= 11 is 2.16. The molecular formula is C28H30N2O7S2. The number of aliphatic hydroxyl groups excluding tert-OH is 1. The number of aromatic nitrogens is 1. The maximum Gasteiger partial charge on any atom is 0.350 e. The fourth-order valence-corrected chi connectivity index (χ4v) is 5.83. The standard InChI is InChI=1S/C28H30N2O7S2/c1-6-36-19-14-17(9-10-18(19)37-12-11-15(2)3)22-21(23(31)20-8-7-13-38-20)24(32)26(33)30(22)28-29-16(4)25(39-28)27(34)35-5/h7-10,13-15,22,32H,6,11-12H2,1-5H3. The number of benzene rings is 1. The zero-order chi connectivity index (χ0) is 28.3. The largest absolute Gasteiger partial charge is 0.503 e. The van der Waals surface area contributed by atoms with E-state index in [0.29, 0.717) is 46.8 Å². The van der Waals surface area contributed by atoms with Gasteiger partial charge in [0.2, 0.25) is 5.78 Å². The summed E-state index contributed by atoms with van der Waals surface area (Å²) in [5.74, 6) is -1.07. The molecule has 1 amide bonds. The minimum atomic E-state index is -1.02. The number of hydrogen-bond acceptors (Lipinski definition) is 10. The maximum atomic E-state index is 13.6. The van der Waals surface area contributed by atoms with Crippen molar-refractivity contribution >= 4 is 45.5 Å². The first kappa shape index (κ1) is 28.3. The Labute approximate surface area is 234 Å². The highest BCUT2D eigenvalue weighted by Crippen LogP contribution is 2.45. The number of ketones is 1. The van der Waals surface area contributed by atoms with Crippen LogP contribution in [0.15, 0.2) is 47.0 Å². The van der Waals surface area contributed by atoms with Gasteiger partial charge in [0.15, 0.2) is 22.4 Å². The highest BCUT2D eigenvalue weighted by Gasteiger charge is 2.46. The summed E-state index contributed by atoms with van der Waals surface area (Å²) in [6.45, 7) is 8.57. The molecule has 39 heavy (non-hydrogen) atoms. The van der Waals surface area contributed by atoms with Crippen molar-refractivity contribution in [2.45, 2.75) is 40.2 Å². The maximum absolute atomic E-state index is 13.6. The fourth-order valence-electron chi connectivity index (χ4n) is 4.14. The third kappa shape index (κ3) is 5.69. The average Bonchev–Trinajstić information content (AvgIpc) is 3.63. The third-order valence-electron chi connectivity index (χ3n) is 6.10. The van der Waals surface area contributed by atoms with Crippen LogP contribution in [0.25, 0.3) is 0 Å². The molecule has 0 saturated heterocycles. The molecule has 1 atom stereocenters. The summed E-state index contributed by atoms with van der Waals surface area (Å²) in [6.07, 6.45) is 0.861. The average molecular weight is 571 g/mol. The van der Waals surface area contributed by atoms with Gasteiger partial charge in [0, 0.05) is 0 Å². The Morgan fingerprint density at radius 2 is 1.95 bits per heavy atom. The van der Waals surface area contributed by atoms with Crippen LogP contribution in [0, 0.1) is 12.8 Å². The minimum absolute atomic E-state index is 0.0779. The number of rotatable bonds is 11. The second kappa shape index (κ2) is 12.0. The number of carbonyl (C=O) groups is 3. The van der Waals surface area contributed by atoms with Gasteiger partial charge in [0.25, 0.3) is 5.91 Å². The van der Waals surface area contributed by atoms with E-state index in [9.17, 15) is 19.5 Å². The van der Waals surface area contributed by atoms with E-state index in [1.54, 1.807) is 42.6 Å². The second-order valence-corrected chi connectivity index (χ2v) is 11.1. The van der Waals surface area contributed by atoms with Crippen LogP contribution in [0.2, 0.25) is 0 Å². The summed E-state index contributed by atoms with van der Waals surface area (Å²) in [6, 6.07) is 7.52. The van der Waals surface area contributed by atoms with Crippen molar-refractivity contribution in [2.24, 2.45) is 5.92 Å². The first-order valence-electron chi connectivity index (χ1n) is 12.5. The molecule has 1 aliphatic heterocycles. The van der Waals surface area contributed by atoms with Gasteiger partial charge in [-0.1, -0.05) is 37.3 Å². The van der Waals surface area contributed by atoms with E-state index in [2.05, 4.69) is 18.8 Å². The summed E-state index contributed by atoms with van der Waals surface area (Å²) in [4.78, 5) is 45.6. The molecule has 3 aromatic rings. The Morgan fingerprint density at radius 1 is 1.18 bits per heavy atom. The van der Waals surface area contributed by atoms with Crippen LogP contribution in [0.5, 0.6) is 11.5 Å². The van der Waals surface area contributed by atoms with Crippen molar-refractivity contribution in [3.05, 3.63) is 68.1 Å². The smallest absolute Gasteiger partial charge is 0.350 e. The lowest BCUT2D eigenvalue weighted by molar-refractivity contribution is -0.117. The van der Waals surface area contributed by atoms with Gasteiger partial charge in [0.1, 0.15) is 4.88 Å². The molecule has 1 aromatic carbocycles. The van der Waals surface area contributed by atoms with E-state index in [0.717, 1.165) is 17.8 Å². The van der Waals surface area contributed by atoms with E-state index in [4.69, 9.17) is 14.2 Å². The zero-order valence-corrected chi connectivity index (χ0v) is 24.0. The second-order valence-electron chi connectivity index (χ2n) is 9.22. The number of amides is 1. The molecule has 9 nitrogen and oxygen atoms in total. The number of aryl methyl sites for hydroxylation is 1. The first-order valence-corrected chi connectivity index (χ1v) is 14.2. The summed E-state index contributed by atoms with van der Waals surface area (Å²) in [5, 5.41) is 12.9. The third-order valence-corrected chi connectivity index (χ3v) is 8.10. The van der Waals surface area contributed by atoms with E-state index >= 15 is 0 Å². The summed E-state index contributed by atoms with van der Waals surface area (Å²) < 4.78 is 16.7. The number of esters is 1. The van der Waals surface area contributed by atoms with Crippen LogP contribution in [-0.4, -0.2) is 48.1 Å². The lowest BCUT2D eigenvalue weighted by atomic mass is 9.95. The molecule has 1 N–H and O–H groups in total. The summed E-state index contributed by atoms with van der Waals surface area (Å²) in [7, 11) is 1.26. The van der Waals surface area contributed by atoms with Crippen molar-refractivity contribution in [3.63, 3.8) is 0 Å². The van der Waals surface area contributed by atoms with Crippen molar-refractivity contribution in [1.29, 1.82) is 0 Å². The number of carbonyl (C=O) groups excluding carboxylic acids is 3. The highest BCUT2D eigenvalue weighted by molar-refractivity contribution is 7.17. The number of aliphatic hydroxyl groups is 1. The molecule has 2 aromatic heterocycles. The molecule has 1 aliphatic rings. The predicted molar refractivity (Wildman–Crippen MR) is 149 cm³/mol. The molecule has 3 heterocycles. The number of nitrogens with zero attached hydrogens (tertiary/aromatic N) is 2. The minimum Gasteiger partial charge on any atom is -0.503 e. The first-order chi connectivity index (χ1) is 18.7. The number of anilines is 1. The van der Waals surface area contributed by atoms with E-state index in [1.165, 1.54) is 23.3 Å². The topological polar surface area (TPSA) is 115 Å². The molecule has 0 fully saturated rings. The molecule has 206 valence electrons. The van der Waals surface area contributed by atoms with Gasteiger partial charge >= 0.3 is 5.97 Å². The van der Waals surface area contributed by atoms with E-state index < -0.39 is 29.5 Å². The normalized spacial score (nSPS) is 15.3. The Hall–Kier alpha value is -3.70. The molecule has 0 spiro atoms. The Morgan fingerprint density at radius 3 is 2.59 bits per heavy atom. The Kier molecular flexibility index (Phi) is 8.71. The van der Waals surface area contributed by atoms with Crippen molar-refractivity contribution < 1.29 is 33.7 Å². The van der Waals surface area contributed by atoms with Crippen LogP contribution >= 0.6 is 22.7 Å². The lowest BCUT2D eigenvalue weighted by Crippen LogP contribution is -2.31. The molecule has 0 bridgehead atoms. The SMILES string of the molecule is CCOc1cc(C2C(C(=O)c3cccs3)=C(O)C(=O)N2c2nc(C)c(C(=O)OC)s2)ccc1OCCC(C)C. The molecule has 1 unspecified atom stereocenters. The Balaban J connectivity index is 1.83. The van der Waals surface area contributed by atoms with Gasteiger partial charge in [0.05, 0.1) is 42.5 Å². The fraction of sp³-hybridized carbons (Fsp3) is 0.357. The van der Waals surface area contributed by atoms with Crippen LogP contribution in [0.4, 0.5) is 5.13 Å². The van der Waals surface area contributed by atoms with Crippen LogP contribution in [0.1, 0.15) is 63.8 Å². The Bertz CT molecular complexity index is 1410. The van der Waals surface area contributed by atoms with Gasteiger partial charge in [-0.3, -0.25) is 14.5 Å². The van der Waals surface area contributed by atoms with Gasteiger partial charge in [-0.15, -0.1) is 11.3 Å². The van der Waals surface area contributed by atoms with Gasteiger partial charge in [-0.05, 0) is 55.3 Å². The number of methoxy groups -OCH3 is 1. The van der Waals surface area contributed by atoms with Gasteiger partial charge in [-0.2, -0.15) is 0 Å². The molecule has 0 radical (unpaired) electrons. The number of thiazole rings is 1. The van der Waals surface area contributed by atoms with Crippen LogP contribution in [-0.2, 0) is 9.53 Å². The quantitative estimate of drug-likeness (QED) is 0.224. The molecule has 4 rings (SSSR count). The molecule has 0 saturated carbocycles. The lowest BCUT2D eigenvalue weighted by Gasteiger charge is -2.25. The van der Waals surface area contributed by atoms with Gasteiger partial charge in [-0.25, -0.2) is 9.78 Å². The van der Waals surface area contributed by atoms with Gasteiger partial charge < -0.3 is 19.3 Å². The number of Topliss-reactive ketones (excluding diaryl/α,β-unsaturated/α-hetero) is 1. The predicted octanol–water partition coefficient (Wildman–Crippen LogP) is 5.91. The van der Waals surface area contributed by atoms with Crippen molar-refractivity contribution in [1.82, 2.24) is 4.98 Å². The molecule has 11 heteroatoms. The monoisotopic (exact) mass is 570 g/mol. The van der Waals surface area contributed by atoms with E-state index in [-0.39, 0.29) is 15.6 Å². The van der Waals surface area contributed by atoms with E-state index in [1.807, 2.05) is 6.92 Å². The number of ether oxygens (including phenoxy) is 3. The number of hydrogen-bond donors (Lipinski definition) is 1. The highest BCUT2D eigenvalue weighted by atomic mass is 32.1. The van der Waals surface area contributed by atoms with Crippen LogP contribution in [0.3, 0.4) is 0 Å². The van der Waals surface area contributed by atoms with Crippen molar-refractivity contribution in [2.75, 3.05) is 25.2 Å². The van der Waals surface area contributed by atoms with Crippen LogP contribution < -0.4 is 14.4 Å².